The van der Waals surface area contributed by atoms with Crippen molar-refractivity contribution in [1.82, 2.24) is 19.9 Å². The molecule has 0 saturated carbocycles. The largest absolute Gasteiger partial charge is 0.395 e. The summed E-state index contributed by atoms with van der Waals surface area (Å²) >= 11 is 0. The van der Waals surface area contributed by atoms with E-state index in [2.05, 4.69) is 42.5 Å². The number of aliphatic hydroxyl groups excluding tert-OH is 1. The van der Waals surface area contributed by atoms with E-state index in [0.29, 0.717) is 48.3 Å². The van der Waals surface area contributed by atoms with Gasteiger partial charge in [-0.1, -0.05) is 13.0 Å². The van der Waals surface area contributed by atoms with Gasteiger partial charge in [0.1, 0.15) is 11.0 Å². The Kier molecular flexibility index (Phi) is 5.42. The quantitative estimate of drug-likeness (QED) is 0.536. The normalized spacial score (nSPS) is 10.5. The minimum absolute atomic E-state index is 0.0165. The Balaban J connectivity index is 2.55. The molecule has 0 bridgehead atoms. The van der Waals surface area contributed by atoms with Crippen molar-refractivity contribution in [2.75, 3.05) is 42.7 Å². The molecule has 0 amide bonds. The summed E-state index contributed by atoms with van der Waals surface area (Å²) < 4.78 is 0. The molecule has 2 rings (SSSR count). The molecule has 2 heterocycles. The Hall–Kier alpha value is -2.48. The lowest BCUT2D eigenvalue weighted by Crippen LogP contribution is -2.12. The zero-order valence-electron chi connectivity index (χ0n) is 12.8. The van der Waals surface area contributed by atoms with E-state index in [4.69, 9.17) is 5.11 Å². The molecule has 8 nitrogen and oxygen atoms in total. The van der Waals surface area contributed by atoms with Gasteiger partial charge in [0.2, 0.25) is 11.9 Å². The molecule has 0 spiro atoms. The first kappa shape index (κ1) is 15.9. The highest BCUT2D eigenvalue weighted by atomic mass is 16.3. The molecule has 0 unspecified atom stereocenters. The van der Waals surface area contributed by atoms with Crippen LogP contribution in [0, 0.1) is 0 Å². The van der Waals surface area contributed by atoms with E-state index in [1.807, 2.05) is 6.92 Å². The molecular formula is C14H21N7O. The number of aliphatic hydroxyl groups is 1. The highest BCUT2D eigenvalue weighted by Crippen LogP contribution is 2.23. The second-order valence-corrected chi connectivity index (χ2v) is 4.51. The number of rotatable bonds is 8. The van der Waals surface area contributed by atoms with Gasteiger partial charge in [0, 0.05) is 20.1 Å². The maximum absolute atomic E-state index is 8.92. The Morgan fingerprint density at radius 3 is 2.45 bits per heavy atom. The van der Waals surface area contributed by atoms with Crippen LogP contribution in [0.4, 0.5) is 17.7 Å². The fourth-order valence-electron chi connectivity index (χ4n) is 1.98. The van der Waals surface area contributed by atoms with Crippen LogP contribution in [0.5, 0.6) is 0 Å². The number of nitrogens with zero attached hydrogens (tertiary/aromatic N) is 4. The topological polar surface area (TPSA) is 108 Å². The minimum Gasteiger partial charge on any atom is -0.395 e. The Labute approximate surface area is 129 Å². The van der Waals surface area contributed by atoms with E-state index >= 15 is 0 Å². The van der Waals surface area contributed by atoms with Crippen LogP contribution in [0.2, 0.25) is 0 Å². The molecule has 0 saturated heterocycles. The Morgan fingerprint density at radius 1 is 1.09 bits per heavy atom. The van der Waals surface area contributed by atoms with Crippen LogP contribution >= 0.6 is 0 Å². The Bertz CT molecular complexity index is 659. The molecule has 0 aromatic carbocycles. The lowest BCUT2D eigenvalue weighted by atomic mass is 10.2. The standard InChI is InChI=1S/C14H21N7O/c1-4-6-16-14-19-10-9(5-2)18-13(17-7-8-22)20-11(10)12(15-3)21-14/h4,22H,1,5-8H2,2-3H3,(H,17,18,20)(H2,15,16,19,21). The van der Waals surface area contributed by atoms with Crippen LogP contribution in [0.3, 0.4) is 0 Å². The number of fused-ring (bicyclic) bond motifs is 1. The van der Waals surface area contributed by atoms with E-state index < -0.39 is 0 Å². The van der Waals surface area contributed by atoms with E-state index in [1.54, 1.807) is 13.1 Å². The fourth-order valence-corrected chi connectivity index (χ4v) is 1.98. The third kappa shape index (κ3) is 3.40. The summed E-state index contributed by atoms with van der Waals surface area (Å²) in [4.78, 5) is 17.8. The molecule has 118 valence electrons. The van der Waals surface area contributed by atoms with E-state index in [0.717, 1.165) is 5.69 Å². The van der Waals surface area contributed by atoms with E-state index in [1.165, 1.54) is 0 Å². The molecule has 8 heteroatoms. The van der Waals surface area contributed by atoms with Crippen molar-refractivity contribution in [1.29, 1.82) is 0 Å². The number of nitrogens with one attached hydrogen (secondary N) is 3. The van der Waals surface area contributed by atoms with Crippen molar-refractivity contribution in [2.45, 2.75) is 13.3 Å². The van der Waals surface area contributed by atoms with Crippen molar-refractivity contribution >= 4 is 28.7 Å². The zero-order valence-corrected chi connectivity index (χ0v) is 12.8. The van der Waals surface area contributed by atoms with Crippen LogP contribution < -0.4 is 16.0 Å². The maximum atomic E-state index is 8.92. The van der Waals surface area contributed by atoms with Crippen LogP contribution in [0.25, 0.3) is 11.0 Å². The molecule has 22 heavy (non-hydrogen) atoms. The summed E-state index contributed by atoms with van der Waals surface area (Å²) in [7, 11) is 1.79. The van der Waals surface area contributed by atoms with Crippen LogP contribution in [0.1, 0.15) is 12.6 Å². The first-order valence-corrected chi connectivity index (χ1v) is 7.19. The molecule has 0 aliphatic heterocycles. The first-order chi connectivity index (χ1) is 10.7. The SMILES string of the molecule is C=CCNc1nc(NC)c2nc(NCCO)nc(CC)c2n1. The smallest absolute Gasteiger partial charge is 0.225 e. The molecule has 4 N–H and O–H groups in total. The van der Waals surface area contributed by atoms with Gasteiger partial charge in [-0.05, 0) is 6.42 Å². The van der Waals surface area contributed by atoms with Crippen molar-refractivity contribution in [3.63, 3.8) is 0 Å². The monoisotopic (exact) mass is 303 g/mol. The zero-order chi connectivity index (χ0) is 15.9. The van der Waals surface area contributed by atoms with Gasteiger partial charge in [0.05, 0.1) is 12.3 Å². The molecule has 0 radical (unpaired) electrons. The van der Waals surface area contributed by atoms with E-state index in [9.17, 15) is 0 Å². The van der Waals surface area contributed by atoms with Crippen LogP contribution in [-0.2, 0) is 6.42 Å². The van der Waals surface area contributed by atoms with Gasteiger partial charge in [-0.15, -0.1) is 6.58 Å². The third-order valence-electron chi connectivity index (χ3n) is 2.99. The van der Waals surface area contributed by atoms with Gasteiger partial charge in [-0.3, -0.25) is 0 Å². The highest BCUT2D eigenvalue weighted by Gasteiger charge is 2.14. The number of hydrogen-bond acceptors (Lipinski definition) is 8. The molecule has 0 atom stereocenters. The summed E-state index contributed by atoms with van der Waals surface area (Å²) in [6.45, 7) is 6.66. The van der Waals surface area contributed by atoms with Gasteiger partial charge >= 0.3 is 0 Å². The van der Waals surface area contributed by atoms with Crippen LogP contribution in [-0.4, -0.2) is 51.8 Å². The lowest BCUT2D eigenvalue weighted by Gasteiger charge is -2.12. The fraction of sp³-hybridized carbons (Fsp3) is 0.429. The van der Waals surface area contributed by atoms with Crippen molar-refractivity contribution < 1.29 is 5.11 Å². The average Bonchev–Trinajstić information content (AvgIpc) is 2.56. The van der Waals surface area contributed by atoms with Crippen molar-refractivity contribution in [3.8, 4) is 0 Å². The number of aromatic nitrogens is 4. The third-order valence-corrected chi connectivity index (χ3v) is 2.99. The van der Waals surface area contributed by atoms with Crippen LogP contribution in [0.15, 0.2) is 12.7 Å². The number of anilines is 3. The second kappa shape index (κ2) is 7.51. The molecule has 0 aliphatic rings. The van der Waals surface area contributed by atoms with E-state index in [-0.39, 0.29) is 6.61 Å². The molecular weight excluding hydrogens is 282 g/mol. The summed E-state index contributed by atoms with van der Waals surface area (Å²) in [6, 6.07) is 0. The van der Waals surface area contributed by atoms with Gasteiger partial charge in [0.15, 0.2) is 5.82 Å². The summed E-state index contributed by atoms with van der Waals surface area (Å²) in [5, 5.41) is 18.0. The van der Waals surface area contributed by atoms with Crippen molar-refractivity contribution in [3.05, 3.63) is 18.3 Å². The second-order valence-electron chi connectivity index (χ2n) is 4.51. The minimum atomic E-state index is 0.0165. The average molecular weight is 303 g/mol. The van der Waals surface area contributed by atoms with Crippen molar-refractivity contribution in [2.24, 2.45) is 0 Å². The number of aryl methyl sites for hydroxylation is 1. The highest BCUT2D eigenvalue weighted by molar-refractivity contribution is 5.88. The summed E-state index contributed by atoms with van der Waals surface area (Å²) in [5.74, 6) is 1.59. The molecule has 2 aromatic heterocycles. The predicted octanol–water partition coefficient (Wildman–Crippen LogP) is 1.03. The summed E-state index contributed by atoms with van der Waals surface area (Å²) in [5.41, 5.74) is 2.19. The van der Waals surface area contributed by atoms with Gasteiger partial charge in [0.25, 0.3) is 0 Å². The van der Waals surface area contributed by atoms with Gasteiger partial charge < -0.3 is 21.1 Å². The van der Waals surface area contributed by atoms with Gasteiger partial charge in [-0.2, -0.15) is 4.98 Å². The Morgan fingerprint density at radius 2 is 1.82 bits per heavy atom. The first-order valence-electron chi connectivity index (χ1n) is 7.19. The van der Waals surface area contributed by atoms with Gasteiger partial charge in [-0.25, -0.2) is 15.0 Å². The lowest BCUT2D eigenvalue weighted by molar-refractivity contribution is 0.311. The summed E-state index contributed by atoms with van der Waals surface area (Å²) in [6.07, 6.45) is 2.46. The number of hydrogen-bond donors (Lipinski definition) is 4. The maximum Gasteiger partial charge on any atom is 0.225 e. The molecule has 2 aromatic rings. The predicted molar refractivity (Wildman–Crippen MR) is 88.3 cm³/mol. The molecule has 0 aliphatic carbocycles. The molecule has 0 fully saturated rings.